The summed E-state index contributed by atoms with van der Waals surface area (Å²) in [5.74, 6) is 0. The molecule has 0 saturated heterocycles. The van der Waals surface area contributed by atoms with Gasteiger partial charge < -0.3 is 5.21 Å². The molecule has 0 radical (unpaired) electrons. The summed E-state index contributed by atoms with van der Waals surface area (Å²) in [4.78, 5) is 0.777. The SMILES string of the molecule is [O-][N+]1=Cc2ccccc2N2NC=CN21. The summed E-state index contributed by atoms with van der Waals surface area (Å²) < 4.78 is 0. The van der Waals surface area contributed by atoms with Crippen molar-refractivity contribution in [3.05, 3.63) is 47.4 Å². The second-order valence-electron chi connectivity index (χ2n) is 3.07. The first-order chi connectivity index (χ1) is 6.86. The fourth-order valence-electron chi connectivity index (χ4n) is 1.60. The van der Waals surface area contributed by atoms with Crippen molar-refractivity contribution in [2.45, 2.75) is 0 Å². The van der Waals surface area contributed by atoms with Crippen molar-refractivity contribution in [1.82, 2.24) is 10.5 Å². The summed E-state index contributed by atoms with van der Waals surface area (Å²) in [6.07, 6.45) is 4.92. The van der Waals surface area contributed by atoms with Crippen LogP contribution in [0, 0.1) is 5.21 Å². The molecule has 2 aliphatic rings. The van der Waals surface area contributed by atoms with Gasteiger partial charge in [-0.3, -0.25) is 5.43 Å². The van der Waals surface area contributed by atoms with Gasteiger partial charge in [-0.25, -0.2) is 0 Å². The molecule has 5 nitrogen and oxygen atoms in total. The molecule has 14 heavy (non-hydrogen) atoms. The van der Waals surface area contributed by atoms with Crippen LogP contribution in [0.4, 0.5) is 5.69 Å². The van der Waals surface area contributed by atoms with Gasteiger partial charge in [-0.2, -0.15) is 0 Å². The van der Waals surface area contributed by atoms with Gasteiger partial charge in [-0.15, -0.1) is 5.12 Å². The highest BCUT2D eigenvalue weighted by Crippen LogP contribution is 2.24. The van der Waals surface area contributed by atoms with Crippen molar-refractivity contribution >= 4 is 11.9 Å². The molecule has 5 heteroatoms. The molecule has 0 amide bonds. The van der Waals surface area contributed by atoms with Gasteiger partial charge in [0.15, 0.2) is 0 Å². The van der Waals surface area contributed by atoms with Crippen LogP contribution in [0.25, 0.3) is 0 Å². The van der Waals surface area contributed by atoms with Crippen LogP contribution in [0.5, 0.6) is 0 Å². The van der Waals surface area contributed by atoms with E-state index in [1.165, 1.54) is 5.12 Å². The third kappa shape index (κ3) is 0.806. The number of hydrazone groups is 1. The number of hydrazine groups is 3. The predicted octanol–water partition coefficient (Wildman–Crippen LogP) is 0.557. The van der Waals surface area contributed by atoms with Gasteiger partial charge in [0.05, 0.1) is 5.56 Å². The standard InChI is InChI=1S/C9H8N4O/c14-12-7-8-3-1-2-4-9(8)13-10-5-6-11(12)13/h1-7,10H. The Morgan fingerprint density at radius 3 is 3.07 bits per heavy atom. The van der Waals surface area contributed by atoms with E-state index >= 15 is 0 Å². The van der Waals surface area contributed by atoms with E-state index in [9.17, 15) is 5.21 Å². The van der Waals surface area contributed by atoms with Crippen LogP contribution in [-0.2, 0) is 0 Å². The highest BCUT2D eigenvalue weighted by molar-refractivity contribution is 5.85. The second-order valence-corrected chi connectivity index (χ2v) is 3.07. The first-order valence-electron chi connectivity index (χ1n) is 4.28. The molecule has 1 aromatic rings. The molecule has 0 spiro atoms. The van der Waals surface area contributed by atoms with Crippen LogP contribution in [-0.4, -0.2) is 16.2 Å². The number of benzene rings is 1. The first kappa shape index (κ1) is 7.25. The lowest BCUT2D eigenvalue weighted by Gasteiger charge is -2.30. The Kier molecular flexibility index (Phi) is 1.25. The van der Waals surface area contributed by atoms with Crippen LogP contribution in [0.15, 0.2) is 36.7 Å². The number of hydrogen-bond acceptors (Lipinski definition) is 4. The lowest BCUT2D eigenvalue weighted by atomic mass is 10.2. The number of hydrogen-bond donors (Lipinski definition) is 1. The quantitative estimate of drug-likeness (QED) is 0.477. The molecule has 0 aromatic heterocycles. The zero-order valence-electron chi connectivity index (χ0n) is 7.29. The van der Waals surface area contributed by atoms with Crippen molar-refractivity contribution in [2.75, 3.05) is 5.12 Å². The monoisotopic (exact) mass is 188 g/mol. The van der Waals surface area contributed by atoms with E-state index in [2.05, 4.69) is 5.43 Å². The summed E-state index contributed by atoms with van der Waals surface area (Å²) >= 11 is 0. The van der Waals surface area contributed by atoms with E-state index in [0.717, 1.165) is 16.1 Å². The molecular formula is C9H8N4O. The summed E-state index contributed by atoms with van der Waals surface area (Å²) in [7, 11) is 0. The van der Waals surface area contributed by atoms with Crippen LogP contribution in [0.1, 0.15) is 5.56 Å². The molecule has 2 heterocycles. The highest BCUT2D eigenvalue weighted by atomic mass is 16.5. The highest BCUT2D eigenvalue weighted by Gasteiger charge is 2.29. The van der Waals surface area contributed by atoms with E-state index in [-0.39, 0.29) is 0 Å². The largest absolute Gasteiger partial charge is 0.595 e. The summed E-state index contributed by atoms with van der Waals surface area (Å²) in [5, 5.41) is 14.6. The number of fused-ring (bicyclic) bond motifs is 3. The van der Waals surface area contributed by atoms with Crippen molar-refractivity contribution in [1.29, 1.82) is 0 Å². The maximum absolute atomic E-state index is 11.5. The summed E-state index contributed by atoms with van der Waals surface area (Å²) in [6, 6.07) is 7.69. The zero-order chi connectivity index (χ0) is 9.54. The molecule has 70 valence electrons. The van der Waals surface area contributed by atoms with Crippen molar-refractivity contribution in [3.63, 3.8) is 0 Å². The zero-order valence-corrected chi connectivity index (χ0v) is 7.29. The van der Waals surface area contributed by atoms with Crippen LogP contribution in [0.3, 0.4) is 0 Å². The van der Waals surface area contributed by atoms with Gasteiger partial charge in [0, 0.05) is 6.20 Å². The maximum atomic E-state index is 11.5. The minimum absolute atomic E-state index is 0.777. The first-order valence-corrected chi connectivity index (χ1v) is 4.28. The minimum atomic E-state index is 0.777. The lowest BCUT2D eigenvalue weighted by Crippen LogP contribution is -2.48. The van der Waals surface area contributed by atoms with Gasteiger partial charge >= 0.3 is 0 Å². The average Bonchev–Trinajstić information content (AvgIpc) is 2.67. The van der Waals surface area contributed by atoms with Crippen molar-refractivity contribution < 1.29 is 4.85 Å². The molecule has 0 saturated carbocycles. The summed E-state index contributed by atoms with van der Waals surface area (Å²) in [6.45, 7) is 0. The second kappa shape index (κ2) is 2.41. The van der Waals surface area contributed by atoms with Gasteiger partial charge in [0.25, 0.3) is 0 Å². The fourth-order valence-corrected chi connectivity index (χ4v) is 1.60. The average molecular weight is 188 g/mol. The Bertz CT molecular complexity index is 440. The Balaban J connectivity index is 2.19. The Morgan fingerprint density at radius 1 is 1.29 bits per heavy atom. The Labute approximate surface area is 80.7 Å². The van der Waals surface area contributed by atoms with E-state index < -0.39 is 0 Å². The molecule has 0 aliphatic carbocycles. The molecule has 0 bridgehead atoms. The molecule has 1 N–H and O–H groups in total. The van der Waals surface area contributed by atoms with Crippen LogP contribution in [0.2, 0.25) is 0 Å². The number of anilines is 1. The molecular weight excluding hydrogens is 180 g/mol. The van der Waals surface area contributed by atoms with E-state index in [1.807, 2.05) is 24.3 Å². The maximum Gasteiger partial charge on any atom is 0.219 e. The summed E-state index contributed by atoms with van der Waals surface area (Å²) in [5.41, 5.74) is 4.82. The van der Waals surface area contributed by atoms with Gasteiger partial charge in [-0.1, -0.05) is 17.0 Å². The Morgan fingerprint density at radius 2 is 2.14 bits per heavy atom. The number of nitrogens with one attached hydrogen (secondary N) is 1. The van der Waals surface area contributed by atoms with E-state index in [1.54, 1.807) is 23.7 Å². The van der Waals surface area contributed by atoms with Crippen LogP contribution < -0.4 is 10.5 Å². The molecule has 0 fully saturated rings. The van der Waals surface area contributed by atoms with Crippen molar-refractivity contribution in [3.8, 4) is 0 Å². The van der Waals surface area contributed by atoms with Gasteiger partial charge in [0.1, 0.15) is 11.9 Å². The molecule has 2 aliphatic heterocycles. The van der Waals surface area contributed by atoms with Gasteiger partial charge in [0.2, 0.25) is 6.21 Å². The topological polar surface area (TPSA) is 44.6 Å². The number of rotatable bonds is 0. The molecule has 0 atom stereocenters. The third-order valence-corrected chi connectivity index (χ3v) is 2.23. The van der Waals surface area contributed by atoms with Gasteiger partial charge in [-0.05, 0) is 17.3 Å². The predicted molar refractivity (Wildman–Crippen MR) is 51.8 cm³/mol. The van der Waals surface area contributed by atoms with E-state index in [4.69, 9.17) is 0 Å². The number of para-hydroxylation sites is 1. The minimum Gasteiger partial charge on any atom is -0.595 e. The molecule has 3 rings (SSSR count). The lowest BCUT2D eigenvalue weighted by molar-refractivity contribution is -0.621. The smallest absolute Gasteiger partial charge is 0.219 e. The molecule has 1 aromatic carbocycles. The van der Waals surface area contributed by atoms with Crippen LogP contribution >= 0.6 is 0 Å². The van der Waals surface area contributed by atoms with E-state index in [0.29, 0.717) is 0 Å². The number of nitrogens with zero attached hydrogens (tertiary/aromatic N) is 3. The third-order valence-electron chi connectivity index (χ3n) is 2.23. The fraction of sp³-hybridized carbons (Fsp3) is 0. The Hall–Kier alpha value is -2.17. The van der Waals surface area contributed by atoms with Crippen molar-refractivity contribution in [2.24, 2.45) is 0 Å². The molecule has 0 unspecified atom stereocenters. The normalized spacial score (nSPS) is 17.3.